The van der Waals surface area contributed by atoms with E-state index in [2.05, 4.69) is 14.9 Å². The smallest absolute Gasteiger partial charge is 0.352 e. The van der Waals surface area contributed by atoms with Crippen LogP contribution in [0.3, 0.4) is 0 Å². The SMILES string of the molecule is Cc1noc(NS(=O)(=O)c2c(C)[nH]c(C(=O)O)c2C)c1C. The van der Waals surface area contributed by atoms with Gasteiger partial charge in [0.15, 0.2) is 0 Å². The number of nitrogens with one attached hydrogen (secondary N) is 2. The van der Waals surface area contributed by atoms with Gasteiger partial charge in [-0.3, -0.25) is 0 Å². The molecule has 2 rings (SSSR count). The van der Waals surface area contributed by atoms with E-state index in [-0.39, 0.29) is 27.7 Å². The first-order chi connectivity index (χ1) is 9.65. The Labute approximate surface area is 121 Å². The quantitative estimate of drug-likeness (QED) is 0.789. The number of sulfonamides is 1. The molecule has 3 N–H and O–H groups in total. The minimum atomic E-state index is -3.97. The van der Waals surface area contributed by atoms with Crippen LogP contribution in [-0.2, 0) is 10.0 Å². The molecule has 0 fully saturated rings. The first-order valence-corrected chi connectivity index (χ1v) is 7.51. The lowest BCUT2D eigenvalue weighted by Gasteiger charge is -2.06. The maximum absolute atomic E-state index is 12.4. The largest absolute Gasteiger partial charge is 0.477 e. The molecule has 2 aromatic heterocycles. The summed E-state index contributed by atoms with van der Waals surface area (Å²) in [7, 11) is -3.97. The van der Waals surface area contributed by atoms with Crippen molar-refractivity contribution in [1.82, 2.24) is 10.1 Å². The molecule has 0 amide bonds. The zero-order valence-electron chi connectivity index (χ0n) is 11.9. The Morgan fingerprint density at radius 3 is 2.29 bits per heavy atom. The van der Waals surface area contributed by atoms with Crippen LogP contribution in [0.15, 0.2) is 9.42 Å². The van der Waals surface area contributed by atoms with Crippen molar-refractivity contribution in [1.29, 1.82) is 0 Å². The van der Waals surface area contributed by atoms with Gasteiger partial charge in [-0.15, -0.1) is 0 Å². The predicted molar refractivity (Wildman–Crippen MR) is 74.0 cm³/mol. The molecule has 2 aromatic rings. The molecule has 0 bridgehead atoms. The van der Waals surface area contributed by atoms with Crippen LogP contribution >= 0.6 is 0 Å². The van der Waals surface area contributed by atoms with E-state index in [0.717, 1.165) is 0 Å². The Bertz CT molecular complexity index is 816. The van der Waals surface area contributed by atoms with Crippen molar-refractivity contribution in [2.75, 3.05) is 4.72 Å². The maximum atomic E-state index is 12.4. The first-order valence-electron chi connectivity index (χ1n) is 6.03. The van der Waals surface area contributed by atoms with Gasteiger partial charge in [0, 0.05) is 16.8 Å². The molecule has 0 aliphatic heterocycles. The molecule has 0 unspecified atom stereocenters. The molecule has 2 heterocycles. The van der Waals surface area contributed by atoms with Crippen LogP contribution in [0, 0.1) is 27.7 Å². The van der Waals surface area contributed by atoms with Gasteiger partial charge in [-0.1, -0.05) is 5.16 Å². The van der Waals surface area contributed by atoms with Gasteiger partial charge in [-0.05, 0) is 27.7 Å². The maximum Gasteiger partial charge on any atom is 0.352 e. The van der Waals surface area contributed by atoms with Crippen molar-refractivity contribution in [3.05, 3.63) is 28.2 Å². The van der Waals surface area contributed by atoms with Crippen LogP contribution in [0.1, 0.15) is 33.0 Å². The van der Waals surface area contributed by atoms with Crippen LogP contribution in [0.25, 0.3) is 0 Å². The minimum Gasteiger partial charge on any atom is -0.477 e. The molecule has 0 saturated carbocycles. The van der Waals surface area contributed by atoms with Gasteiger partial charge < -0.3 is 14.6 Å². The van der Waals surface area contributed by atoms with E-state index in [0.29, 0.717) is 11.3 Å². The molecule has 0 saturated heterocycles. The summed E-state index contributed by atoms with van der Waals surface area (Å²) in [6.07, 6.45) is 0. The van der Waals surface area contributed by atoms with Gasteiger partial charge in [0.2, 0.25) is 5.88 Å². The van der Waals surface area contributed by atoms with E-state index >= 15 is 0 Å². The summed E-state index contributed by atoms with van der Waals surface area (Å²) in [5.41, 5.74) is 1.37. The Balaban J connectivity index is 2.50. The van der Waals surface area contributed by atoms with Crippen LogP contribution in [0.2, 0.25) is 0 Å². The summed E-state index contributed by atoms with van der Waals surface area (Å²) in [6.45, 7) is 6.28. The van der Waals surface area contributed by atoms with Gasteiger partial charge in [0.05, 0.1) is 5.69 Å². The number of anilines is 1. The van der Waals surface area contributed by atoms with Crippen molar-refractivity contribution in [3.63, 3.8) is 0 Å². The zero-order chi connectivity index (χ0) is 15.9. The highest BCUT2D eigenvalue weighted by molar-refractivity contribution is 7.92. The number of aromatic amines is 1. The fraction of sp³-hybridized carbons (Fsp3) is 0.333. The third-order valence-electron chi connectivity index (χ3n) is 3.24. The number of hydrogen-bond acceptors (Lipinski definition) is 5. The van der Waals surface area contributed by atoms with E-state index < -0.39 is 16.0 Å². The molecule has 0 aliphatic carbocycles. The molecule has 0 radical (unpaired) electrons. The van der Waals surface area contributed by atoms with Crippen molar-refractivity contribution in [2.45, 2.75) is 32.6 Å². The van der Waals surface area contributed by atoms with Crippen LogP contribution < -0.4 is 4.72 Å². The molecule has 21 heavy (non-hydrogen) atoms. The Morgan fingerprint density at radius 1 is 1.24 bits per heavy atom. The van der Waals surface area contributed by atoms with Gasteiger partial charge in [0.25, 0.3) is 10.0 Å². The molecule has 0 atom stereocenters. The fourth-order valence-corrected chi connectivity index (χ4v) is 3.53. The van der Waals surface area contributed by atoms with Gasteiger partial charge in [-0.25, -0.2) is 17.9 Å². The minimum absolute atomic E-state index is 0.0179. The highest BCUT2D eigenvalue weighted by Crippen LogP contribution is 2.27. The average molecular weight is 313 g/mol. The number of aryl methyl sites for hydroxylation is 2. The van der Waals surface area contributed by atoms with Crippen molar-refractivity contribution < 1.29 is 22.8 Å². The number of aromatic nitrogens is 2. The summed E-state index contributed by atoms with van der Waals surface area (Å²) in [5, 5.41) is 12.7. The van der Waals surface area contributed by atoms with E-state index in [1.165, 1.54) is 13.8 Å². The van der Waals surface area contributed by atoms with Crippen LogP contribution in [0.4, 0.5) is 5.88 Å². The summed E-state index contributed by atoms with van der Waals surface area (Å²) in [6, 6.07) is 0. The second-order valence-corrected chi connectivity index (χ2v) is 6.33. The third kappa shape index (κ3) is 2.51. The van der Waals surface area contributed by atoms with Crippen LogP contribution in [-0.4, -0.2) is 29.6 Å². The molecule has 0 spiro atoms. The first kappa shape index (κ1) is 15.1. The molecular formula is C12H15N3O5S. The second-order valence-electron chi connectivity index (χ2n) is 4.71. The van der Waals surface area contributed by atoms with E-state index in [4.69, 9.17) is 9.63 Å². The van der Waals surface area contributed by atoms with E-state index in [9.17, 15) is 13.2 Å². The number of rotatable bonds is 4. The molecule has 0 aromatic carbocycles. The Kier molecular flexibility index (Phi) is 3.54. The number of H-pyrrole nitrogens is 1. The third-order valence-corrected chi connectivity index (χ3v) is 4.84. The van der Waals surface area contributed by atoms with Crippen molar-refractivity contribution in [2.24, 2.45) is 0 Å². The van der Waals surface area contributed by atoms with Crippen LogP contribution in [0.5, 0.6) is 0 Å². The van der Waals surface area contributed by atoms with E-state index in [1.54, 1.807) is 13.8 Å². The topological polar surface area (TPSA) is 125 Å². The zero-order valence-corrected chi connectivity index (χ0v) is 12.8. The predicted octanol–water partition coefficient (Wildman–Crippen LogP) is 1.74. The summed E-state index contributed by atoms with van der Waals surface area (Å²) < 4.78 is 32.1. The summed E-state index contributed by atoms with van der Waals surface area (Å²) in [5.74, 6) is -1.20. The highest BCUT2D eigenvalue weighted by atomic mass is 32.2. The molecule has 0 aliphatic rings. The standard InChI is InChI=1S/C12H15N3O5S/c1-5-7(3)14-20-11(5)15-21(18,19)10-6(2)9(12(16)17)13-8(10)4/h13,15H,1-4H3,(H,16,17). The Hall–Kier alpha value is -2.29. The average Bonchev–Trinajstić information content (AvgIpc) is 2.83. The lowest BCUT2D eigenvalue weighted by molar-refractivity contribution is 0.0690. The monoisotopic (exact) mass is 313 g/mol. The fourth-order valence-electron chi connectivity index (χ4n) is 2.03. The molecule has 8 nitrogen and oxygen atoms in total. The normalized spacial score (nSPS) is 11.6. The summed E-state index contributed by atoms with van der Waals surface area (Å²) in [4.78, 5) is 13.5. The van der Waals surface area contributed by atoms with Gasteiger partial charge in [0.1, 0.15) is 10.6 Å². The number of aromatic carboxylic acids is 1. The van der Waals surface area contributed by atoms with Gasteiger partial charge in [-0.2, -0.15) is 0 Å². The summed E-state index contributed by atoms with van der Waals surface area (Å²) >= 11 is 0. The lowest BCUT2D eigenvalue weighted by atomic mass is 10.2. The Morgan fingerprint density at radius 2 is 1.86 bits per heavy atom. The van der Waals surface area contributed by atoms with Crippen molar-refractivity contribution in [3.8, 4) is 0 Å². The number of carbonyl (C=O) groups is 1. The number of hydrogen-bond donors (Lipinski definition) is 3. The van der Waals surface area contributed by atoms with Gasteiger partial charge >= 0.3 is 5.97 Å². The van der Waals surface area contributed by atoms with E-state index in [1.807, 2.05) is 0 Å². The number of carboxylic acids is 1. The second kappa shape index (κ2) is 4.92. The number of nitrogens with zero attached hydrogens (tertiary/aromatic N) is 1. The molecule has 9 heteroatoms. The molecular weight excluding hydrogens is 298 g/mol. The highest BCUT2D eigenvalue weighted by Gasteiger charge is 2.28. The number of carboxylic acid groups (broad SMARTS) is 1. The molecule has 114 valence electrons. The van der Waals surface area contributed by atoms with Crippen molar-refractivity contribution >= 4 is 21.9 Å². The lowest BCUT2D eigenvalue weighted by Crippen LogP contribution is -2.15.